The lowest BCUT2D eigenvalue weighted by Gasteiger charge is -2.39. The Kier molecular flexibility index (Phi) is 4.89. The molecule has 7 heterocycles. The van der Waals surface area contributed by atoms with Gasteiger partial charge < -0.3 is 23.7 Å². The Bertz CT molecular complexity index is 1020. The number of pyridine rings is 2. The molecule has 0 aromatic carbocycles. The number of hydrogen-bond donors (Lipinski definition) is 0. The molecule has 5 aliphatic heterocycles. The number of hydrogen-bond acceptors (Lipinski definition) is 8. The fourth-order valence-electron chi connectivity index (χ4n) is 5.12. The summed E-state index contributed by atoms with van der Waals surface area (Å²) in [7, 11) is 0. The van der Waals surface area contributed by atoms with Gasteiger partial charge in [0.2, 0.25) is 0 Å². The number of nitrogens with zero attached hydrogens (tertiary/aromatic N) is 2. The minimum absolute atomic E-state index is 0.141. The zero-order valence-electron chi connectivity index (χ0n) is 17.8. The molecule has 0 amide bonds. The standard InChI is InChI=1S/2C12H13NO3/c1-2-8-9(13-5-1)10-11(15-10)12(16-8)3-6-14-7-4-12;14-11-8-9-10(2-1-5-13-9)16-12(11)3-6-15-7-4-12/h1-2,5,10-11H,3-4,6-7H2;1-2,5H,3-4,6-8H2. The van der Waals surface area contributed by atoms with Crippen LogP contribution in [0, 0.1) is 0 Å². The first kappa shape index (κ1) is 20.1. The predicted molar refractivity (Wildman–Crippen MR) is 112 cm³/mol. The highest BCUT2D eigenvalue weighted by Crippen LogP contribution is 2.55. The van der Waals surface area contributed by atoms with Gasteiger partial charge in [-0.1, -0.05) is 0 Å². The lowest BCUT2D eigenvalue weighted by molar-refractivity contribution is -0.144. The lowest BCUT2D eigenvalue weighted by Crippen LogP contribution is -2.52. The van der Waals surface area contributed by atoms with Gasteiger partial charge in [-0.15, -0.1) is 0 Å². The van der Waals surface area contributed by atoms with Crippen molar-refractivity contribution in [1.29, 1.82) is 0 Å². The molecule has 2 atom stereocenters. The van der Waals surface area contributed by atoms with Crippen molar-refractivity contribution in [1.82, 2.24) is 9.97 Å². The summed E-state index contributed by atoms with van der Waals surface area (Å²) in [5, 5.41) is 0. The Balaban J connectivity index is 0.000000122. The van der Waals surface area contributed by atoms with Gasteiger partial charge in [-0.3, -0.25) is 14.8 Å². The largest absolute Gasteiger partial charge is 0.482 e. The van der Waals surface area contributed by atoms with Crippen molar-refractivity contribution in [3.05, 3.63) is 48.0 Å². The Morgan fingerprint density at radius 1 is 0.844 bits per heavy atom. The van der Waals surface area contributed by atoms with Crippen LogP contribution in [-0.4, -0.2) is 59.5 Å². The van der Waals surface area contributed by atoms with E-state index in [0.29, 0.717) is 32.5 Å². The molecule has 0 radical (unpaired) electrons. The molecule has 2 unspecified atom stereocenters. The van der Waals surface area contributed by atoms with E-state index in [2.05, 4.69) is 9.97 Å². The van der Waals surface area contributed by atoms with E-state index in [1.807, 2.05) is 24.3 Å². The molecule has 0 aliphatic carbocycles. The number of epoxide rings is 1. The van der Waals surface area contributed by atoms with Gasteiger partial charge in [0.05, 0.1) is 38.5 Å². The van der Waals surface area contributed by atoms with E-state index in [1.54, 1.807) is 12.4 Å². The van der Waals surface area contributed by atoms with Crippen molar-refractivity contribution in [2.75, 3.05) is 26.4 Å². The van der Waals surface area contributed by atoms with E-state index in [4.69, 9.17) is 23.7 Å². The molecule has 3 fully saturated rings. The molecule has 8 heteroatoms. The summed E-state index contributed by atoms with van der Waals surface area (Å²) in [4.78, 5) is 20.6. The molecule has 32 heavy (non-hydrogen) atoms. The minimum Gasteiger partial charge on any atom is -0.482 e. The third-order valence-corrected chi connectivity index (χ3v) is 7.02. The highest BCUT2D eigenvalue weighted by Gasteiger charge is 2.62. The van der Waals surface area contributed by atoms with Gasteiger partial charge in [0.1, 0.15) is 35.0 Å². The van der Waals surface area contributed by atoms with Crippen LogP contribution in [-0.2, 0) is 25.4 Å². The number of carbonyl (C=O) groups is 1. The summed E-state index contributed by atoms with van der Waals surface area (Å²) in [5.41, 5.74) is 0.919. The molecule has 0 saturated carbocycles. The Morgan fingerprint density at radius 3 is 2.31 bits per heavy atom. The maximum atomic E-state index is 12.1. The van der Waals surface area contributed by atoms with Crippen LogP contribution in [0.2, 0.25) is 0 Å². The molecular formula is C24H26N2O6. The molecule has 5 aliphatic rings. The number of rotatable bonds is 0. The summed E-state index contributed by atoms with van der Waals surface area (Å²) in [6.07, 6.45) is 7.36. The maximum Gasteiger partial charge on any atom is 0.182 e. The van der Waals surface area contributed by atoms with Crippen LogP contribution in [0.1, 0.15) is 43.2 Å². The van der Waals surface area contributed by atoms with Crippen molar-refractivity contribution < 1.29 is 28.5 Å². The predicted octanol–water partition coefficient (Wildman–Crippen LogP) is 2.60. The third kappa shape index (κ3) is 3.37. The number of ether oxygens (including phenoxy) is 5. The van der Waals surface area contributed by atoms with Gasteiger partial charge in [-0.25, -0.2) is 0 Å². The fraction of sp³-hybridized carbons (Fsp3) is 0.542. The molecule has 2 aromatic heterocycles. The summed E-state index contributed by atoms with van der Waals surface area (Å²) >= 11 is 0. The van der Waals surface area contributed by atoms with E-state index >= 15 is 0 Å². The van der Waals surface area contributed by atoms with Crippen molar-refractivity contribution >= 4 is 5.78 Å². The SMILES string of the molecule is O=C1Cc2ncccc2OC12CCOCC2.c1cnc2c(c1)OC1(CCOCC1)C1OC21. The molecule has 2 aromatic rings. The molecule has 3 saturated heterocycles. The Hall–Kier alpha value is -2.55. The van der Waals surface area contributed by atoms with Crippen molar-refractivity contribution in [3.63, 3.8) is 0 Å². The van der Waals surface area contributed by atoms with Gasteiger partial charge in [0.15, 0.2) is 11.4 Å². The van der Waals surface area contributed by atoms with Crippen LogP contribution in [0.15, 0.2) is 36.7 Å². The molecular weight excluding hydrogens is 412 g/mol. The van der Waals surface area contributed by atoms with Crippen molar-refractivity contribution in [2.45, 2.75) is 55.5 Å². The highest BCUT2D eigenvalue weighted by molar-refractivity contribution is 5.91. The number of aromatic nitrogens is 2. The van der Waals surface area contributed by atoms with Gasteiger partial charge in [0.25, 0.3) is 0 Å². The molecule has 0 N–H and O–H groups in total. The zero-order valence-corrected chi connectivity index (χ0v) is 17.8. The van der Waals surface area contributed by atoms with Crippen molar-refractivity contribution in [2.24, 2.45) is 0 Å². The van der Waals surface area contributed by atoms with Crippen molar-refractivity contribution in [3.8, 4) is 11.5 Å². The third-order valence-electron chi connectivity index (χ3n) is 7.02. The zero-order chi connectivity index (χ0) is 21.6. The second-order valence-corrected chi connectivity index (χ2v) is 8.90. The quantitative estimate of drug-likeness (QED) is 0.580. The fourth-order valence-corrected chi connectivity index (χ4v) is 5.12. The van der Waals surface area contributed by atoms with Crippen LogP contribution in [0.3, 0.4) is 0 Å². The van der Waals surface area contributed by atoms with Gasteiger partial charge >= 0.3 is 0 Å². The molecule has 2 spiro atoms. The number of ketones is 1. The second kappa shape index (κ2) is 7.79. The topological polar surface area (TPSA) is 92.3 Å². The first-order valence-electron chi connectivity index (χ1n) is 11.3. The van der Waals surface area contributed by atoms with Gasteiger partial charge in [0, 0.05) is 38.1 Å². The summed E-state index contributed by atoms with van der Waals surface area (Å²) in [6.45, 7) is 2.73. The van der Waals surface area contributed by atoms with Crippen LogP contribution in [0.25, 0.3) is 0 Å². The van der Waals surface area contributed by atoms with E-state index in [-0.39, 0.29) is 23.6 Å². The molecule has 168 valence electrons. The van der Waals surface area contributed by atoms with Crippen LogP contribution >= 0.6 is 0 Å². The average molecular weight is 438 g/mol. The van der Waals surface area contributed by atoms with E-state index in [9.17, 15) is 4.79 Å². The first-order chi connectivity index (χ1) is 15.7. The minimum atomic E-state index is -0.645. The first-order valence-corrected chi connectivity index (χ1v) is 11.3. The van der Waals surface area contributed by atoms with Gasteiger partial charge in [-0.2, -0.15) is 0 Å². The van der Waals surface area contributed by atoms with Gasteiger partial charge in [-0.05, 0) is 24.3 Å². The van der Waals surface area contributed by atoms with E-state index in [0.717, 1.165) is 48.9 Å². The monoisotopic (exact) mass is 438 g/mol. The summed E-state index contributed by atoms with van der Waals surface area (Å²) in [6, 6.07) is 7.61. The Morgan fingerprint density at radius 2 is 1.53 bits per heavy atom. The number of carbonyl (C=O) groups excluding carboxylic acids is 1. The summed E-state index contributed by atoms with van der Waals surface area (Å²) in [5.74, 6) is 1.79. The lowest BCUT2D eigenvalue weighted by atomic mass is 9.85. The Labute approximate surface area is 186 Å². The maximum absolute atomic E-state index is 12.1. The number of fused-ring (bicyclic) bond motifs is 5. The molecule has 7 rings (SSSR count). The smallest absolute Gasteiger partial charge is 0.182 e. The van der Waals surface area contributed by atoms with Crippen LogP contribution in [0.4, 0.5) is 0 Å². The summed E-state index contributed by atoms with van der Waals surface area (Å²) < 4.78 is 28.5. The van der Waals surface area contributed by atoms with E-state index in [1.165, 1.54) is 0 Å². The molecule has 8 nitrogen and oxygen atoms in total. The van der Waals surface area contributed by atoms with Crippen LogP contribution < -0.4 is 9.47 Å². The van der Waals surface area contributed by atoms with E-state index < -0.39 is 5.60 Å². The second-order valence-electron chi connectivity index (χ2n) is 8.90. The molecule has 0 bridgehead atoms. The van der Waals surface area contributed by atoms with Crippen LogP contribution in [0.5, 0.6) is 11.5 Å². The highest BCUT2D eigenvalue weighted by atomic mass is 16.6. The number of Topliss-reactive ketones (excluding diaryl/α,β-unsaturated/α-hetero) is 1. The average Bonchev–Trinajstić information content (AvgIpc) is 3.64. The normalized spacial score (nSPS) is 28.2.